The summed E-state index contributed by atoms with van der Waals surface area (Å²) >= 11 is 0. The minimum atomic E-state index is 0.0253. The summed E-state index contributed by atoms with van der Waals surface area (Å²) in [5.74, 6) is 1.18. The van der Waals surface area contributed by atoms with Crippen LogP contribution in [0.5, 0.6) is 5.75 Å². The molecular formula is C22H35N3O2. The van der Waals surface area contributed by atoms with Crippen molar-refractivity contribution in [2.75, 3.05) is 39.8 Å². The van der Waals surface area contributed by atoms with E-state index in [1.807, 2.05) is 19.1 Å². The predicted octanol–water partition coefficient (Wildman–Crippen LogP) is 2.90. The minimum absolute atomic E-state index is 0.0253. The summed E-state index contributed by atoms with van der Waals surface area (Å²) in [4.78, 5) is 17.7. The number of hydrogen-bond donors (Lipinski definition) is 1. The SMILES string of the molecule is CCCN(Cc1ccc(OCC)cc1)C(=O)[C@H]1CC2(CCNCC2)CN1C. The van der Waals surface area contributed by atoms with Crippen LogP contribution in [0.15, 0.2) is 24.3 Å². The first-order valence-electron chi connectivity index (χ1n) is 10.5. The van der Waals surface area contributed by atoms with Crippen LogP contribution in [0.4, 0.5) is 0 Å². The maximum Gasteiger partial charge on any atom is 0.240 e. The molecule has 150 valence electrons. The Kier molecular flexibility index (Phi) is 6.77. The summed E-state index contributed by atoms with van der Waals surface area (Å²) < 4.78 is 5.53. The Morgan fingerprint density at radius 1 is 1.26 bits per heavy atom. The first-order valence-corrected chi connectivity index (χ1v) is 10.5. The van der Waals surface area contributed by atoms with Crippen molar-refractivity contribution >= 4 is 5.91 Å². The average Bonchev–Trinajstić information content (AvgIpc) is 2.98. The van der Waals surface area contributed by atoms with E-state index in [4.69, 9.17) is 4.74 Å². The molecule has 1 aromatic carbocycles. The molecule has 1 atom stereocenters. The molecule has 0 bridgehead atoms. The Balaban J connectivity index is 1.67. The monoisotopic (exact) mass is 373 g/mol. The Bertz CT molecular complexity index is 610. The van der Waals surface area contributed by atoms with Gasteiger partial charge in [-0.3, -0.25) is 9.69 Å². The highest BCUT2D eigenvalue weighted by Gasteiger charge is 2.46. The molecule has 1 spiro atoms. The maximum atomic E-state index is 13.4. The largest absolute Gasteiger partial charge is 0.494 e. The van der Waals surface area contributed by atoms with Gasteiger partial charge in [0.2, 0.25) is 5.91 Å². The van der Waals surface area contributed by atoms with Gasteiger partial charge in [-0.2, -0.15) is 0 Å². The second-order valence-electron chi connectivity index (χ2n) is 8.22. The summed E-state index contributed by atoms with van der Waals surface area (Å²) in [5, 5.41) is 3.46. The lowest BCUT2D eigenvalue weighted by molar-refractivity contribution is -0.136. The number of amides is 1. The normalized spacial score (nSPS) is 22.1. The molecule has 27 heavy (non-hydrogen) atoms. The molecular weight excluding hydrogens is 338 g/mol. The van der Waals surface area contributed by atoms with E-state index in [1.54, 1.807) is 0 Å². The third-order valence-corrected chi connectivity index (χ3v) is 6.11. The van der Waals surface area contributed by atoms with E-state index in [9.17, 15) is 4.79 Å². The van der Waals surface area contributed by atoms with Crippen LogP contribution in [0.25, 0.3) is 0 Å². The van der Waals surface area contributed by atoms with Gasteiger partial charge in [0.25, 0.3) is 0 Å². The van der Waals surface area contributed by atoms with Gasteiger partial charge < -0.3 is 15.0 Å². The molecule has 5 nitrogen and oxygen atoms in total. The molecule has 1 aromatic rings. The fraction of sp³-hybridized carbons (Fsp3) is 0.682. The second kappa shape index (κ2) is 9.07. The molecule has 0 aliphatic carbocycles. The fourth-order valence-corrected chi connectivity index (χ4v) is 4.69. The molecule has 0 radical (unpaired) electrons. The van der Waals surface area contributed by atoms with Gasteiger partial charge in [-0.15, -0.1) is 0 Å². The van der Waals surface area contributed by atoms with Crippen molar-refractivity contribution in [3.8, 4) is 5.75 Å². The van der Waals surface area contributed by atoms with Gasteiger partial charge in [-0.05, 0) is 75.9 Å². The van der Waals surface area contributed by atoms with Gasteiger partial charge in [0.15, 0.2) is 0 Å². The minimum Gasteiger partial charge on any atom is -0.494 e. The van der Waals surface area contributed by atoms with Crippen LogP contribution < -0.4 is 10.1 Å². The second-order valence-corrected chi connectivity index (χ2v) is 8.22. The van der Waals surface area contributed by atoms with Gasteiger partial charge >= 0.3 is 0 Å². The number of benzene rings is 1. The molecule has 5 heteroatoms. The van der Waals surface area contributed by atoms with Crippen LogP contribution in [-0.2, 0) is 11.3 Å². The van der Waals surface area contributed by atoms with Gasteiger partial charge in [-0.1, -0.05) is 19.1 Å². The Hall–Kier alpha value is -1.59. The van der Waals surface area contributed by atoms with Gasteiger partial charge in [0.1, 0.15) is 5.75 Å². The van der Waals surface area contributed by atoms with E-state index in [-0.39, 0.29) is 6.04 Å². The van der Waals surface area contributed by atoms with Crippen LogP contribution in [0.3, 0.4) is 0 Å². The van der Waals surface area contributed by atoms with E-state index >= 15 is 0 Å². The van der Waals surface area contributed by atoms with E-state index in [1.165, 1.54) is 12.8 Å². The van der Waals surface area contributed by atoms with E-state index < -0.39 is 0 Å². The first-order chi connectivity index (χ1) is 13.1. The van der Waals surface area contributed by atoms with Crippen LogP contribution in [0, 0.1) is 5.41 Å². The molecule has 1 amide bonds. The van der Waals surface area contributed by atoms with Crippen LogP contribution in [0.2, 0.25) is 0 Å². The number of piperidine rings is 1. The predicted molar refractivity (Wildman–Crippen MR) is 109 cm³/mol. The zero-order valence-electron chi connectivity index (χ0n) is 17.2. The summed E-state index contributed by atoms with van der Waals surface area (Å²) in [6.45, 7) is 9.51. The molecule has 3 rings (SSSR count). The molecule has 0 aromatic heterocycles. The fourth-order valence-electron chi connectivity index (χ4n) is 4.69. The smallest absolute Gasteiger partial charge is 0.240 e. The number of hydrogen-bond acceptors (Lipinski definition) is 4. The number of nitrogens with zero attached hydrogens (tertiary/aromatic N) is 2. The van der Waals surface area contributed by atoms with E-state index in [0.29, 0.717) is 24.5 Å². The third-order valence-electron chi connectivity index (χ3n) is 6.11. The van der Waals surface area contributed by atoms with Crippen LogP contribution in [0.1, 0.15) is 45.1 Å². The Morgan fingerprint density at radius 3 is 2.59 bits per heavy atom. The topological polar surface area (TPSA) is 44.8 Å². The van der Waals surface area contributed by atoms with Crippen molar-refractivity contribution in [1.29, 1.82) is 0 Å². The maximum absolute atomic E-state index is 13.4. The van der Waals surface area contributed by atoms with Gasteiger partial charge in [0, 0.05) is 19.6 Å². The molecule has 2 heterocycles. The molecule has 2 saturated heterocycles. The number of likely N-dealkylation sites (tertiary alicyclic amines) is 1. The van der Waals surface area contributed by atoms with E-state index in [0.717, 1.165) is 50.3 Å². The van der Waals surface area contributed by atoms with Gasteiger partial charge in [0.05, 0.1) is 12.6 Å². The Morgan fingerprint density at radius 2 is 1.96 bits per heavy atom. The summed E-state index contributed by atoms with van der Waals surface area (Å²) in [5.41, 5.74) is 1.50. The zero-order valence-corrected chi connectivity index (χ0v) is 17.2. The first kappa shape index (κ1) is 20.2. The van der Waals surface area contributed by atoms with E-state index in [2.05, 4.69) is 41.2 Å². The number of ether oxygens (including phenoxy) is 1. The molecule has 0 unspecified atom stereocenters. The highest BCUT2D eigenvalue weighted by Crippen LogP contribution is 2.41. The highest BCUT2D eigenvalue weighted by atomic mass is 16.5. The lowest BCUT2D eigenvalue weighted by Crippen LogP contribution is -2.44. The molecule has 2 aliphatic rings. The van der Waals surface area contributed by atoms with Crippen molar-refractivity contribution in [2.24, 2.45) is 5.41 Å². The molecule has 1 N–H and O–H groups in total. The van der Waals surface area contributed by atoms with Crippen molar-refractivity contribution < 1.29 is 9.53 Å². The zero-order chi connectivity index (χ0) is 19.3. The summed E-state index contributed by atoms with van der Waals surface area (Å²) in [7, 11) is 2.13. The highest BCUT2D eigenvalue weighted by molar-refractivity contribution is 5.82. The van der Waals surface area contributed by atoms with Gasteiger partial charge in [-0.25, -0.2) is 0 Å². The lowest BCUT2D eigenvalue weighted by Gasteiger charge is -2.33. The molecule has 2 aliphatic heterocycles. The van der Waals surface area contributed by atoms with Crippen LogP contribution >= 0.6 is 0 Å². The number of carbonyl (C=O) groups is 1. The number of carbonyl (C=O) groups excluding carboxylic acids is 1. The third kappa shape index (κ3) is 4.82. The molecule has 2 fully saturated rings. The number of nitrogens with one attached hydrogen (secondary N) is 1. The average molecular weight is 374 g/mol. The lowest BCUT2D eigenvalue weighted by atomic mass is 9.77. The van der Waals surface area contributed by atoms with Crippen molar-refractivity contribution in [2.45, 2.75) is 52.1 Å². The van der Waals surface area contributed by atoms with Crippen molar-refractivity contribution in [3.63, 3.8) is 0 Å². The Labute approximate surface area is 164 Å². The number of rotatable bonds is 7. The number of likely N-dealkylation sites (N-methyl/N-ethyl adjacent to an activating group) is 1. The van der Waals surface area contributed by atoms with Crippen molar-refractivity contribution in [3.05, 3.63) is 29.8 Å². The summed E-state index contributed by atoms with van der Waals surface area (Å²) in [6, 6.07) is 8.18. The molecule has 0 saturated carbocycles. The van der Waals surface area contributed by atoms with Crippen LogP contribution in [-0.4, -0.2) is 61.6 Å². The van der Waals surface area contributed by atoms with Crippen molar-refractivity contribution in [1.82, 2.24) is 15.1 Å². The summed E-state index contributed by atoms with van der Waals surface area (Å²) in [6.07, 6.45) is 4.36. The quantitative estimate of drug-likeness (QED) is 0.798. The standard InChI is InChI=1S/C22H35N3O2/c1-4-14-25(16-18-6-8-19(9-7-18)27-5-2)21(26)20-15-22(17-24(20)3)10-12-23-13-11-22/h6-9,20,23H,4-5,10-17H2,1-3H3/t20-/m1/s1.